The zero-order chi connectivity index (χ0) is 10.4. The molecular formula is C12H16N2O. The van der Waals surface area contributed by atoms with E-state index in [9.17, 15) is 5.11 Å². The van der Waals surface area contributed by atoms with E-state index in [1.54, 1.807) is 0 Å². The van der Waals surface area contributed by atoms with E-state index in [0.717, 1.165) is 25.7 Å². The van der Waals surface area contributed by atoms with Gasteiger partial charge in [0, 0.05) is 23.9 Å². The lowest BCUT2D eigenvalue weighted by atomic mass is 9.88. The molecule has 2 unspecified atom stereocenters. The van der Waals surface area contributed by atoms with Gasteiger partial charge in [0.15, 0.2) is 0 Å². The van der Waals surface area contributed by atoms with Crippen LogP contribution in [-0.2, 0) is 19.3 Å². The second-order valence-electron chi connectivity index (χ2n) is 4.61. The normalized spacial score (nSPS) is 28.7. The summed E-state index contributed by atoms with van der Waals surface area (Å²) in [6.07, 6.45) is 7.34. The van der Waals surface area contributed by atoms with Crippen molar-refractivity contribution in [3.63, 3.8) is 0 Å². The highest BCUT2D eigenvalue weighted by atomic mass is 16.3. The van der Waals surface area contributed by atoms with Gasteiger partial charge in [-0.05, 0) is 36.5 Å². The molecule has 1 aromatic heterocycles. The molecule has 4 N–H and O–H groups in total. The van der Waals surface area contributed by atoms with Crippen molar-refractivity contribution in [2.75, 3.05) is 0 Å². The number of rotatable bonds is 0. The Morgan fingerprint density at radius 2 is 2.20 bits per heavy atom. The first-order valence-electron chi connectivity index (χ1n) is 5.58. The predicted octanol–water partition coefficient (Wildman–Crippen LogP) is 0.761. The van der Waals surface area contributed by atoms with Gasteiger partial charge in [-0.2, -0.15) is 0 Å². The van der Waals surface area contributed by atoms with Gasteiger partial charge in [0.2, 0.25) is 0 Å². The average molecular weight is 204 g/mol. The van der Waals surface area contributed by atoms with Crippen LogP contribution in [-0.4, -0.2) is 22.2 Å². The molecule has 3 nitrogen and oxygen atoms in total. The molecule has 2 aliphatic rings. The van der Waals surface area contributed by atoms with Crippen molar-refractivity contribution in [2.24, 2.45) is 5.73 Å². The Bertz CT molecular complexity index is 420. The van der Waals surface area contributed by atoms with E-state index >= 15 is 0 Å². The van der Waals surface area contributed by atoms with Crippen LogP contribution >= 0.6 is 0 Å². The molecule has 0 amide bonds. The first kappa shape index (κ1) is 9.19. The van der Waals surface area contributed by atoms with E-state index in [0.29, 0.717) is 6.04 Å². The minimum Gasteiger partial charge on any atom is -0.389 e. The van der Waals surface area contributed by atoms with Crippen molar-refractivity contribution in [3.05, 3.63) is 28.6 Å². The van der Waals surface area contributed by atoms with Crippen LogP contribution in [0.5, 0.6) is 0 Å². The smallest absolute Gasteiger partial charge is 0.0765 e. The Labute approximate surface area is 89.0 Å². The summed E-state index contributed by atoms with van der Waals surface area (Å²) in [5.74, 6) is 0. The van der Waals surface area contributed by atoms with Crippen LogP contribution < -0.4 is 5.73 Å². The zero-order valence-electron chi connectivity index (χ0n) is 8.66. The summed E-state index contributed by atoms with van der Waals surface area (Å²) < 4.78 is 0. The molecule has 0 spiro atoms. The number of aromatic amines is 1. The van der Waals surface area contributed by atoms with E-state index in [2.05, 4.69) is 4.98 Å². The SMILES string of the molecule is NC1CCc2[nH]c3c(c2C1)CC(O)C=C3. The van der Waals surface area contributed by atoms with Crippen LogP contribution in [0.4, 0.5) is 0 Å². The Hall–Kier alpha value is -1.06. The number of aliphatic hydroxyl groups is 1. The molecule has 15 heavy (non-hydrogen) atoms. The third-order valence-corrected chi connectivity index (χ3v) is 3.47. The summed E-state index contributed by atoms with van der Waals surface area (Å²) in [4.78, 5) is 3.44. The van der Waals surface area contributed by atoms with Crippen molar-refractivity contribution >= 4 is 6.08 Å². The summed E-state index contributed by atoms with van der Waals surface area (Å²) in [6, 6.07) is 0.292. The van der Waals surface area contributed by atoms with Crippen molar-refractivity contribution in [1.82, 2.24) is 4.98 Å². The molecule has 0 saturated heterocycles. The highest BCUT2D eigenvalue weighted by Crippen LogP contribution is 2.30. The molecule has 3 rings (SSSR count). The highest BCUT2D eigenvalue weighted by Gasteiger charge is 2.25. The van der Waals surface area contributed by atoms with E-state index in [-0.39, 0.29) is 6.10 Å². The fraction of sp³-hybridized carbons (Fsp3) is 0.500. The first-order valence-corrected chi connectivity index (χ1v) is 5.58. The van der Waals surface area contributed by atoms with Crippen molar-refractivity contribution in [3.8, 4) is 0 Å². The van der Waals surface area contributed by atoms with E-state index in [1.807, 2.05) is 12.2 Å². The Kier molecular flexibility index (Phi) is 1.97. The molecule has 1 heterocycles. The van der Waals surface area contributed by atoms with Crippen molar-refractivity contribution in [2.45, 2.75) is 37.8 Å². The Morgan fingerprint density at radius 1 is 1.33 bits per heavy atom. The van der Waals surface area contributed by atoms with Gasteiger partial charge in [0.25, 0.3) is 0 Å². The third-order valence-electron chi connectivity index (χ3n) is 3.47. The minimum absolute atomic E-state index is 0.292. The quantitative estimate of drug-likeness (QED) is 0.584. The van der Waals surface area contributed by atoms with Crippen LogP contribution in [0.2, 0.25) is 0 Å². The number of aromatic nitrogens is 1. The van der Waals surface area contributed by atoms with Gasteiger partial charge in [-0.3, -0.25) is 0 Å². The molecule has 80 valence electrons. The summed E-state index contributed by atoms with van der Waals surface area (Å²) in [6.45, 7) is 0. The van der Waals surface area contributed by atoms with E-state index < -0.39 is 0 Å². The minimum atomic E-state index is -0.324. The number of nitrogens with two attached hydrogens (primary N) is 1. The number of aryl methyl sites for hydroxylation is 1. The molecule has 0 aromatic carbocycles. The second kappa shape index (κ2) is 3.22. The molecule has 3 heteroatoms. The Morgan fingerprint density at radius 3 is 3.07 bits per heavy atom. The monoisotopic (exact) mass is 204 g/mol. The maximum Gasteiger partial charge on any atom is 0.0765 e. The molecule has 0 bridgehead atoms. The molecule has 0 fully saturated rings. The third kappa shape index (κ3) is 1.43. The van der Waals surface area contributed by atoms with Gasteiger partial charge in [-0.15, -0.1) is 0 Å². The highest BCUT2D eigenvalue weighted by molar-refractivity contribution is 5.58. The van der Waals surface area contributed by atoms with Gasteiger partial charge in [0.05, 0.1) is 6.10 Å². The lowest BCUT2D eigenvalue weighted by Crippen LogP contribution is -2.28. The topological polar surface area (TPSA) is 62.0 Å². The lowest BCUT2D eigenvalue weighted by Gasteiger charge is -2.20. The van der Waals surface area contributed by atoms with Gasteiger partial charge in [-0.1, -0.05) is 6.08 Å². The maximum atomic E-state index is 9.61. The summed E-state index contributed by atoms with van der Waals surface area (Å²) in [5, 5.41) is 9.61. The molecule has 0 radical (unpaired) electrons. The fourth-order valence-corrected chi connectivity index (χ4v) is 2.67. The van der Waals surface area contributed by atoms with Gasteiger partial charge in [-0.25, -0.2) is 0 Å². The summed E-state index contributed by atoms with van der Waals surface area (Å²) >= 11 is 0. The summed E-state index contributed by atoms with van der Waals surface area (Å²) in [5.41, 5.74) is 11.2. The number of nitrogens with one attached hydrogen (secondary N) is 1. The second-order valence-corrected chi connectivity index (χ2v) is 4.61. The van der Waals surface area contributed by atoms with Crippen molar-refractivity contribution in [1.29, 1.82) is 0 Å². The van der Waals surface area contributed by atoms with Gasteiger partial charge >= 0.3 is 0 Å². The number of hydrogen-bond donors (Lipinski definition) is 3. The van der Waals surface area contributed by atoms with Crippen LogP contribution in [0.3, 0.4) is 0 Å². The van der Waals surface area contributed by atoms with E-state index in [4.69, 9.17) is 5.73 Å². The van der Waals surface area contributed by atoms with Crippen LogP contribution in [0.25, 0.3) is 6.08 Å². The fourth-order valence-electron chi connectivity index (χ4n) is 2.67. The van der Waals surface area contributed by atoms with Crippen LogP contribution in [0, 0.1) is 0 Å². The van der Waals surface area contributed by atoms with Crippen molar-refractivity contribution < 1.29 is 5.11 Å². The number of fused-ring (bicyclic) bond motifs is 3. The van der Waals surface area contributed by atoms with Gasteiger partial charge in [0.1, 0.15) is 0 Å². The predicted molar refractivity (Wildman–Crippen MR) is 59.5 cm³/mol. The molecule has 2 aliphatic carbocycles. The first-order chi connectivity index (χ1) is 7.24. The number of H-pyrrole nitrogens is 1. The van der Waals surface area contributed by atoms with Gasteiger partial charge < -0.3 is 15.8 Å². The van der Waals surface area contributed by atoms with Crippen LogP contribution in [0.1, 0.15) is 28.9 Å². The molecular weight excluding hydrogens is 188 g/mol. The molecule has 1 aromatic rings. The number of aliphatic hydroxyl groups excluding tert-OH is 1. The summed E-state index contributed by atoms with van der Waals surface area (Å²) in [7, 11) is 0. The zero-order valence-corrected chi connectivity index (χ0v) is 8.66. The standard InChI is InChI=1S/C12H16N2O/c13-7-1-3-11-9(5-7)10-6-8(15)2-4-12(10)14-11/h2,4,7-8,14-15H,1,3,5-6,13H2. The maximum absolute atomic E-state index is 9.61. The number of hydrogen-bond acceptors (Lipinski definition) is 2. The molecule has 0 aliphatic heterocycles. The average Bonchev–Trinajstić information content (AvgIpc) is 2.56. The van der Waals surface area contributed by atoms with Crippen LogP contribution in [0.15, 0.2) is 6.08 Å². The van der Waals surface area contributed by atoms with E-state index in [1.165, 1.54) is 22.5 Å². The molecule has 0 saturated carbocycles. The molecule has 2 atom stereocenters. The largest absolute Gasteiger partial charge is 0.389 e. The lowest BCUT2D eigenvalue weighted by molar-refractivity contribution is 0.223. The Balaban J connectivity index is 2.07.